The van der Waals surface area contributed by atoms with Crippen molar-refractivity contribution in [2.24, 2.45) is 4.99 Å². The number of ether oxygens (including phenoxy) is 2. The van der Waals surface area contributed by atoms with Gasteiger partial charge in [0.1, 0.15) is 11.8 Å². The second-order valence-corrected chi connectivity index (χ2v) is 12.3. The molecular weight excluding hydrogens is 614 g/mol. The molecule has 3 aromatic carbocycles. The van der Waals surface area contributed by atoms with Crippen LogP contribution in [-0.2, 0) is 9.53 Å². The molecule has 0 spiro atoms. The molecule has 6 rings (SSSR count). The number of methoxy groups -OCH3 is 1. The largest absolute Gasteiger partial charge is 0.496 e. The van der Waals surface area contributed by atoms with Gasteiger partial charge in [0.15, 0.2) is 4.80 Å². The smallest absolute Gasteiger partial charge is 0.338 e. The van der Waals surface area contributed by atoms with E-state index in [1.165, 1.54) is 11.3 Å². The first-order valence-corrected chi connectivity index (χ1v) is 16.3. The molecule has 240 valence electrons. The summed E-state index contributed by atoms with van der Waals surface area (Å²) < 4.78 is 15.6. The van der Waals surface area contributed by atoms with Gasteiger partial charge in [-0.3, -0.25) is 9.36 Å². The molecule has 0 amide bonds. The lowest BCUT2D eigenvalue weighted by atomic mass is 9.90. The van der Waals surface area contributed by atoms with Crippen molar-refractivity contribution >= 4 is 40.1 Å². The summed E-state index contributed by atoms with van der Waals surface area (Å²) in [4.78, 5) is 45.1. The van der Waals surface area contributed by atoms with Gasteiger partial charge in [0.25, 0.3) is 5.56 Å². The number of hydrogen-bond acceptors (Lipinski definition) is 7. The van der Waals surface area contributed by atoms with E-state index >= 15 is 0 Å². The Labute approximate surface area is 275 Å². The van der Waals surface area contributed by atoms with Crippen LogP contribution in [0.5, 0.6) is 5.75 Å². The Morgan fingerprint density at radius 1 is 1.04 bits per heavy atom. The number of fused-ring (bicyclic) bond motifs is 2. The first-order valence-electron chi connectivity index (χ1n) is 15.5. The number of allylic oxidation sites excluding steroid dienone is 1. The third kappa shape index (κ3) is 5.59. The number of carbonyl (C=O) groups excluding carboxylic acids is 1. The van der Waals surface area contributed by atoms with Crippen LogP contribution in [0.4, 0.5) is 0 Å². The van der Waals surface area contributed by atoms with Crippen molar-refractivity contribution in [1.29, 1.82) is 0 Å². The number of rotatable bonds is 9. The first kappa shape index (κ1) is 31.7. The Balaban J connectivity index is 1.60. The highest BCUT2D eigenvalue weighted by molar-refractivity contribution is 7.07. The zero-order chi connectivity index (χ0) is 33.4. The third-order valence-corrected chi connectivity index (χ3v) is 9.43. The zero-order valence-corrected chi connectivity index (χ0v) is 27.7. The zero-order valence-electron chi connectivity index (χ0n) is 26.9. The van der Waals surface area contributed by atoms with Crippen LogP contribution in [0.25, 0.3) is 22.5 Å². The molecule has 0 aliphatic carbocycles. The maximum atomic E-state index is 14.5. The molecule has 0 saturated heterocycles. The third-order valence-electron chi connectivity index (χ3n) is 8.45. The Hall–Kier alpha value is -5.22. The van der Waals surface area contributed by atoms with Gasteiger partial charge in [-0.15, -0.1) is 0 Å². The summed E-state index contributed by atoms with van der Waals surface area (Å²) in [5.74, 6) is -0.937. The predicted octanol–water partition coefficient (Wildman–Crippen LogP) is 5.85. The van der Waals surface area contributed by atoms with Crippen LogP contribution in [0.3, 0.4) is 0 Å². The van der Waals surface area contributed by atoms with Gasteiger partial charge < -0.3 is 19.1 Å². The van der Waals surface area contributed by atoms with Gasteiger partial charge in [0.2, 0.25) is 0 Å². The number of esters is 1. The minimum atomic E-state index is -0.985. The Morgan fingerprint density at radius 3 is 2.47 bits per heavy atom. The van der Waals surface area contributed by atoms with Crippen LogP contribution >= 0.6 is 11.3 Å². The van der Waals surface area contributed by atoms with E-state index in [1.54, 1.807) is 42.9 Å². The summed E-state index contributed by atoms with van der Waals surface area (Å²) >= 11 is 1.28. The van der Waals surface area contributed by atoms with Crippen LogP contribution in [0.2, 0.25) is 0 Å². The van der Waals surface area contributed by atoms with E-state index in [2.05, 4.69) is 0 Å². The molecule has 1 atom stereocenters. The minimum absolute atomic E-state index is 0.181. The Kier molecular flexibility index (Phi) is 8.70. The van der Waals surface area contributed by atoms with Gasteiger partial charge in [-0.05, 0) is 86.0 Å². The molecule has 1 aliphatic heterocycles. The number of aromatic nitrogens is 2. The van der Waals surface area contributed by atoms with E-state index in [-0.39, 0.29) is 17.7 Å². The van der Waals surface area contributed by atoms with Crippen molar-refractivity contribution < 1.29 is 24.2 Å². The lowest BCUT2D eigenvalue weighted by Gasteiger charge is -2.28. The van der Waals surface area contributed by atoms with Gasteiger partial charge in [-0.2, -0.15) is 0 Å². The second-order valence-electron chi connectivity index (χ2n) is 11.3. The van der Waals surface area contributed by atoms with Crippen LogP contribution in [0.1, 0.15) is 65.6 Å². The fourth-order valence-corrected chi connectivity index (χ4v) is 7.37. The lowest BCUT2D eigenvalue weighted by molar-refractivity contribution is -0.139. The molecule has 0 radical (unpaired) electrons. The van der Waals surface area contributed by atoms with Gasteiger partial charge in [-0.1, -0.05) is 55.0 Å². The number of carbonyl (C=O) groups is 2. The van der Waals surface area contributed by atoms with E-state index in [4.69, 9.17) is 14.5 Å². The van der Waals surface area contributed by atoms with Crippen molar-refractivity contribution in [2.45, 2.75) is 46.6 Å². The van der Waals surface area contributed by atoms with Crippen LogP contribution in [-0.4, -0.2) is 39.9 Å². The van der Waals surface area contributed by atoms with Crippen molar-refractivity contribution in [1.82, 2.24) is 9.13 Å². The first-order chi connectivity index (χ1) is 22.7. The molecule has 47 heavy (non-hydrogen) atoms. The summed E-state index contributed by atoms with van der Waals surface area (Å²) in [7, 11) is 1.59. The van der Waals surface area contributed by atoms with Crippen molar-refractivity contribution in [3.05, 3.63) is 126 Å². The number of hydrogen-bond donors (Lipinski definition) is 1. The number of aromatic carboxylic acids is 1. The summed E-state index contributed by atoms with van der Waals surface area (Å²) in [6.45, 7) is 7.90. The monoisotopic (exact) mass is 649 g/mol. The molecule has 9 nitrogen and oxygen atoms in total. The molecule has 0 saturated carbocycles. The number of nitrogens with zero attached hydrogens (tertiary/aromatic N) is 3. The van der Waals surface area contributed by atoms with E-state index < -0.39 is 18.0 Å². The highest BCUT2D eigenvalue weighted by atomic mass is 32.1. The molecule has 1 aliphatic rings. The van der Waals surface area contributed by atoms with E-state index in [9.17, 15) is 19.5 Å². The topological polar surface area (TPSA) is 112 Å². The average molecular weight is 650 g/mol. The normalized spacial score (nSPS) is 14.7. The molecule has 10 heteroatoms. The number of aryl methyl sites for hydroxylation is 1. The average Bonchev–Trinajstić information content (AvgIpc) is 3.53. The maximum absolute atomic E-state index is 14.5. The molecule has 1 N–H and O–H groups in total. The predicted molar refractivity (Wildman–Crippen MR) is 182 cm³/mol. The van der Waals surface area contributed by atoms with Gasteiger partial charge >= 0.3 is 11.9 Å². The number of carboxylic acid groups (broad SMARTS) is 1. The molecule has 0 fully saturated rings. The van der Waals surface area contributed by atoms with Crippen molar-refractivity contribution in [3.8, 4) is 11.4 Å². The number of thiazole rings is 1. The summed E-state index contributed by atoms with van der Waals surface area (Å²) in [6.07, 6.45) is 3.14. The summed E-state index contributed by atoms with van der Waals surface area (Å²) in [6, 6.07) is 19.5. The van der Waals surface area contributed by atoms with E-state index in [0.717, 1.165) is 39.8 Å². The molecule has 2 aromatic heterocycles. The van der Waals surface area contributed by atoms with Crippen molar-refractivity contribution in [2.75, 3.05) is 13.7 Å². The number of carboxylic acids is 1. The molecule has 3 heterocycles. The SMILES string of the molecule is CCCC1=C(C(=O)OCC)[C@@H](c2c(OC)ccc3ccccc23)n2c(s/c(=C\c3cc(C)n(-c4ccc(C(=O)O)cc4)c3C)c2=O)=N1. The van der Waals surface area contributed by atoms with Gasteiger partial charge in [0.05, 0.1) is 35.1 Å². The summed E-state index contributed by atoms with van der Waals surface area (Å²) in [5, 5.41) is 11.1. The van der Waals surface area contributed by atoms with Gasteiger partial charge in [-0.25, -0.2) is 14.6 Å². The van der Waals surface area contributed by atoms with Crippen LogP contribution < -0.4 is 19.6 Å². The lowest BCUT2D eigenvalue weighted by Crippen LogP contribution is -2.40. The fraction of sp³-hybridized carbons (Fsp3) is 0.243. The highest BCUT2D eigenvalue weighted by Crippen LogP contribution is 2.41. The summed E-state index contributed by atoms with van der Waals surface area (Å²) in [5.41, 5.74) is 5.05. The standard InChI is InChI=1S/C37H35N3O6S/c1-6-10-28-32(36(44)46-7-2)33(31-27-12-9-8-11-23(27)15-18-29(31)45-5)40-34(41)30(47-37(40)38-28)20-25-19-21(3)39(22(25)4)26-16-13-24(14-17-26)35(42)43/h8-9,11-20,33H,6-7,10H2,1-5H3,(H,42,43)/b30-20-/t33-/m1/s1. The number of benzene rings is 3. The quantitative estimate of drug-likeness (QED) is 0.201. The van der Waals surface area contributed by atoms with E-state index in [0.29, 0.717) is 38.3 Å². The minimum Gasteiger partial charge on any atom is -0.496 e. The van der Waals surface area contributed by atoms with Gasteiger partial charge in [0, 0.05) is 22.6 Å². The molecular formula is C37H35N3O6S. The second kappa shape index (κ2) is 12.9. The molecule has 0 unspecified atom stereocenters. The van der Waals surface area contributed by atoms with Crippen molar-refractivity contribution in [3.63, 3.8) is 0 Å². The molecule has 5 aromatic rings. The fourth-order valence-electron chi connectivity index (χ4n) is 6.36. The van der Waals surface area contributed by atoms with E-state index in [1.807, 2.05) is 73.9 Å². The maximum Gasteiger partial charge on any atom is 0.338 e. The van der Waals surface area contributed by atoms with Crippen LogP contribution in [0.15, 0.2) is 87.8 Å². The Bertz CT molecular complexity index is 2260. The Morgan fingerprint density at radius 2 is 1.79 bits per heavy atom. The highest BCUT2D eigenvalue weighted by Gasteiger charge is 2.37. The van der Waals surface area contributed by atoms with Crippen LogP contribution in [0, 0.1) is 13.8 Å². The molecule has 0 bridgehead atoms.